The van der Waals surface area contributed by atoms with Crippen LogP contribution in [0, 0.1) is 22.7 Å². The summed E-state index contributed by atoms with van der Waals surface area (Å²) in [7, 11) is 0. The fourth-order valence-corrected chi connectivity index (χ4v) is 1.06. The van der Waals surface area contributed by atoms with Crippen LogP contribution >= 0.6 is 0 Å². The molecule has 68 valence electrons. The summed E-state index contributed by atoms with van der Waals surface area (Å²) in [5, 5.41) is 17.4. The second kappa shape index (κ2) is 3.35. The van der Waals surface area contributed by atoms with E-state index in [0.717, 1.165) is 12.8 Å². The first-order valence-electron chi connectivity index (χ1n) is 4.30. The molecule has 14 heavy (non-hydrogen) atoms. The van der Waals surface area contributed by atoms with Crippen LogP contribution in [0.15, 0.2) is 12.3 Å². The van der Waals surface area contributed by atoms with Gasteiger partial charge in [-0.05, 0) is 12.8 Å². The molecular formula is C10H7N3O. The van der Waals surface area contributed by atoms with Gasteiger partial charge in [-0.25, -0.2) is 4.98 Å². The van der Waals surface area contributed by atoms with E-state index in [1.807, 2.05) is 12.1 Å². The number of rotatable bonds is 2. The SMILES string of the molecule is N#Cc1cc(OC2CC2)cnc1C#N. The fraction of sp³-hybridized carbons (Fsp3) is 0.300. The van der Waals surface area contributed by atoms with Gasteiger partial charge >= 0.3 is 0 Å². The number of aromatic nitrogens is 1. The monoisotopic (exact) mass is 185 g/mol. The van der Waals surface area contributed by atoms with Crippen molar-refractivity contribution in [2.75, 3.05) is 0 Å². The zero-order chi connectivity index (χ0) is 9.97. The molecule has 1 aliphatic rings. The van der Waals surface area contributed by atoms with Gasteiger partial charge < -0.3 is 4.74 Å². The van der Waals surface area contributed by atoms with Crippen LogP contribution in [0.5, 0.6) is 5.75 Å². The Morgan fingerprint density at radius 2 is 2.14 bits per heavy atom. The van der Waals surface area contributed by atoms with E-state index in [0.29, 0.717) is 5.75 Å². The molecule has 4 heteroatoms. The van der Waals surface area contributed by atoms with Crippen LogP contribution in [-0.2, 0) is 0 Å². The third-order valence-electron chi connectivity index (χ3n) is 1.92. The van der Waals surface area contributed by atoms with Crippen molar-refractivity contribution >= 4 is 0 Å². The van der Waals surface area contributed by atoms with Gasteiger partial charge in [-0.2, -0.15) is 10.5 Å². The Bertz CT molecular complexity index is 438. The Hall–Kier alpha value is -2.07. The van der Waals surface area contributed by atoms with Gasteiger partial charge in [0.15, 0.2) is 5.69 Å². The van der Waals surface area contributed by atoms with Crippen molar-refractivity contribution < 1.29 is 4.74 Å². The van der Waals surface area contributed by atoms with Crippen LogP contribution in [-0.4, -0.2) is 11.1 Å². The summed E-state index contributed by atoms with van der Waals surface area (Å²) >= 11 is 0. The van der Waals surface area contributed by atoms with E-state index >= 15 is 0 Å². The minimum atomic E-state index is 0.149. The molecule has 1 fully saturated rings. The van der Waals surface area contributed by atoms with Gasteiger partial charge in [0, 0.05) is 6.07 Å². The molecule has 1 aliphatic carbocycles. The summed E-state index contributed by atoms with van der Waals surface area (Å²) in [6, 6.07) is 5.33. The van der Waals surface area contributed by atoms with Crippen molar-refractivity contribution in [3.63, 3.8) is 0 Å². The van der Waals surface area contributed by atoms with Gasteiger partial charge in [-0.3, -0.25) is 0 Å². The van der Waals surface area contributed by atoms with Gasteiger partial charge in [0.05, 0.1) is 17.9 Å². The Morgan fingerprint density at radius 1 is 1.36 bits per heavy atom. The van der Waals surface area contributed by atoms with Crippen LogP contribution in [0.4, 0.5) is 0 Å². The van der Waals surface area contributed by atoms with Crippen molar-refractivity contribution in [3.8, 4) is 17.9 Å². The molecular weight excluding hydrogens is 178 g/mol. The van der Waals surface area contributed by atoms with Gasteiger partial charge in [0.25, 0.3) is 0 Å². The molecule has 0 bridgehead atoms. The van der Waals surface area contributed by atoms with E-state index in [9.17, 15) is 0 Å². The second-order valence-corrected chi connectivity index (χ2v) is 3.11. The molecule has 0 unspecified atom stereocenters. The third-order valence-corrected chi connectivity index (χ3v) is 1.92. The highest BCUT2D eigenvalue weighted by atomic mass is 16.5. The highest BCUT2D eigenvalue weighted by Gasteiger charge is 2.23. The van der Waals surface area contributed by atoms with Crippen molar-refractivity contribution in [1.29, 1.82) is 10.5 Å². The molecule has 1 aromatic heterocycles. The Morgan fingerprint density at radius 3 is 2.71 bits per heavy atom. The van der Waals surface area contributed by atoms with Crippen molar-refractivity contribution in [1.82, 2.24) is 4.98 Å². The molecule has 0 aromatic carbocycles. The number of ether oxygens (including phenoxy) is 1. The van der Waals surface area contributed by atoms with Crippen LogP contribution in [0.25, 0.3) is 0 Å². The van der Waals surface area contributed by atoms with Gasteiger partial charge in [-0.1, -0.05) is 0 Å². The molecule has 0 amide bonds. The predicted octanol–water partition coefficient (Wildman–Crippen LogP) is 1.37. The van der Waals surface area contributed by atoms with E-state index in [1.165, 1.54) is 6.20 Å². The lowest BCUT2D eigenvalue weighted by Crippen LogP contribution is -1.98. The molecule has 0 radical (unpaired) electrons. The summed E-state index contributed by atoms with van der Waals surface area (Å²) < 4.78 is 5.44. The molecule has 1 heterocycles. The van der Waals surface area contributed by atoms with Crippen LogP contribution in [0.3, 0.4) is 0 Å². The third kappa shape index (κ3) is 1.65. The number of nitriles is 2. The number of hydrogen-bond donors (Lipinski definition) is 0. The topological polar surface area (TPSA) is 69.7 Å². The van der Waals surface area contributed by atoms with Crippen molar-refractivity contribution in [2.45, 2.75) is 18.9 Å². The molecule has 1 saturated carbocycles. The second-order valence-electron chi connectivity index (χ2n) is 3.11. The summed E-state index contributed by atoms with van der Waals surface area (Å²) in [6.07, 6.45) is 3.87. The number of hydrogen-bond acceptors (Lipinski definition) is 4. The minimum absolute atomic E-state index is 0.149. The summed E-state index contributed by atoms with van der Waals surface area (Å²) in [4.78, 5) is 3.84. The molecule has 0 saturated heterocycles. The molecule has 0 aliphatic heterocycles. The molecule has 0 N–H and O–H groups in total. The van der Waals surface area contributed by atoms with E-state index in [-0.39, 0.29) is 17.4 Å². The smallest absolute Gasteiger partial charge is 0.158 e. The molecule has 0 atom stereocenters. The minimum Gasteiger partial charge on any atom is -0.489 e. The summed E-state index contributed by atoms with van der Waals surface area (Å²) in [5.41, 5.74) is 0.418. The van der Waals surface area contributed by atoms with Crippen LogP contribution in [0.2, 0.25) is 0 Å². The summed E-state index contributed by atoms with van der Waals surface area (Å²) in [5.74, 6) is 0.572. The van der Waals surface area contributed by atoms with Gasteiger partial charge in [-0.15, -0.1) is 0 Å². The molecule has 1 aromatic rings. The normalized spacial score (nSPS) is 14.1. The lowest BCUT2D eigenvalue weighted by atomic mass is 10.2. The highest BCUT2D eigenvalue weighted by Crippen LogP contribution is 2.26. The van der Waals surface area contributed by atoms with E-state index in [2.05, 4.69) is 4.98 Å². The largest absolute Gasteiger partial charge is 0.489 e. The van der Waals surface area contributed by atoms with Gasteiger partial charge in [0.2, 0.25) is 0 Å². The first kappa shape index (κ1) is 8.52. The number of nitrogens with zero attached hydrogens (tertiary/aromatic N) is 3. The van der Waals surface area contributed by atoms with E-state index in [1.54, 1.807) is 6.07 Å². The van der Waals surface area contributed by atoms with Crippen LogP contribution < -0.4 is 4.74 Å². The quantitative estimate of drug-likeness (QED) is 0.697. The maximum absolute atomic E-state index is 8.73. The first-order chi connectivity index (χ1) is 6.83. The number of pyridine rings is 1. The van der Waals surface area contributed by atoms with Crippen LogP contribution in [0.1, 0.15) is 24.1 Å². The Balaban J connectivity index is 2.28. The Kier molecular flexibility index (Phi) is 2.04. The predicted molar refractivity (Wildman–Crippen MR) is 47.3 cm³/mol. The van der Waals surface area contributed by atoms with E-state index < -0.39 is 0 Å². The molecule has 0 spiro atoms. The maximum Gasteiger partial charge on any atom is 0.158 e. The van der Waals surface area contributed by atoms with E-state index in [4.69, 9.17) is 15.3 Å². The van der Waals surface area contributed by atoms with Crippen molar-refractivity contribution in [3.05, 3.63) is 23.5 Å². The molecule has 4 nitrogen and oxygen atoms in total. The zero-order valence-corrected chi connectivity index (χ0v) is 7.40. The molecule has 2 rings (SSSR count). The first-order valence-corrected chi connectivity index (χ1v) is 4.30. The lowest BCUT2D eigenvalue weighted by Gasteiger charge is -2.03. The highest BCUT2D eigenvalue weighted by molar-refractivity contribution is 5.44. The van der Waals surface area contributed by atoms with Crippen molar-refractivity contribution in [2.24, 2.45) is 0 Å². The summed E-state index contributed by atoms with van der Waals surface area (Å²) in [6.45, 7) is 0. The average Bonchev–Trinajstić information content (AvgIpc) is 3.01. The lowest BCUT2D eigenvalue weighted by molar-refractivity contribution is 0.302. The maximum atomic E-state index is 8.73. The Labute approximate surface area is 81.4 Å². The zero-order valence-electron chi connectivity index (χ0n) is 7.40. The fourth-order valence-electron chi connectivity index (χ4n) is 1.06. The van der Waals surface area contributed by atoms with Gasteiger partial charge in [0.1, 0.15) is 17.9 Å². The standard InChI is InChI=1S/C10H7N3O/c11-4-7-3-9(14-8-1-2-8)6-13-10(7)5-12/h3,6,8H,1-2H2. The average molecular weight is 185 g/mol.